The van der Waals surface area contributed by atoms with Crippen LogP contribution in [0.3, 0.4) is 0 Å². The molecule has 0 N–H and O–H groups in total. The van der Waals surface area contributed by atoms with Gasteiger partial charge in [-0.15, -0.1) is 0 Å². The van der Waals surface area contributed by atoms with E-state index in [4.69, 9.17) is 4.74 Å². The summed E-state index contributed by atoms with van der Waals surface area (Å²) in [6.45, 7) is 10.1. The normalized spacial score (nSPS) is 30.1. The molecule has 0 aliphatic carbocycles. The molecule has 0 aromatic heterocycles. The molecule has 1 fully saturated rings. The highest BCUT2D eigenvalue weighted by atomic mass is 16.6. The van der Waals surface area contributed by atoms with Gasteiger partial charge in [-0.25, -0.2) is 4.79 Å². The number of nitrogens with zero attached hydrogens (tertiary/aromatic N) is 2. The van der Waals surface area contributed by atoms with Crippen molar-refractivity contribution in [1.82, 2.24) is 9.80 Å². The summed E-state index contributed by atoms with van der Waals surface area (Å²) in [6, 6.07) is 1.29. The third-order valence-corrected chi connectivity index (χ3v) is 3.85. The van der Waals surface area contributed by atoms with Crippen molar-refractivity contribution in [1.29, 1.82) is 0 Å². The summed E-state index contributed by atoms with van der Waals surface area (Å²) in [7, 11) is 4.00. The zero-order valence-corrected chi connectivity index (χ0v) is 12.9. The third kappa shape index (κ3) is 3.87. The van der Waals surface area contributed by atoms with Crippen LogP contribution in [0.5, 0.6) is 0 Å². The molecule has 0 aromatic rings. The molecule has 1 aliphatic heterocycles. The van der Waals surface area contributed by atoms with Gasteiger partial charge in [-0.05, 0) is 54.5 Å². The summed E-state index contributed by atoms with van der Waals surface area (Å²) >= 11 is 0. The Balaban J connectivity index is 2.62. The molecule has 0 aromatic carbocycles. The minimum absolute atomic E-state index is 0.212. The van der Waals surface area contributed by atoms with Crippen LogP contribution < -0.4 is 0 Å². The van der Waals surface area contributed by atoms with E-state index >= 15 is 0 Å². The van der Waals surface area contributed by atoms with Gasteiger partial charge in [0.1, 0.15) is 5.60 Å². The highest BCUT2D eigenvalue weighted by Gasteiger charge is 2.33. The van der Waals surface area contributed by atoms with E-state index in [-0.39, 0.29) is 12.1 Å². The molecule has 2 unspecified atom stereocenters. The van der Waals surface area contributed by atoms with Crippen LogP contribution in [0, 0.1) is 0 Å². The summed E-state index contributed by atoms with van der Waals surface area (Å²) in [5.41, 5.74) is -0.423. The van der Waals surface area contributed by atoms with Gasteiger partial charge in [0.2, 0.25) is 0 Å². The number of amides is 1. The molecule has 1 heterocycles. The molecule has 18 heavy (non-hydrogen) atoms. The Morgan fingerprint density at radius 3 is 2.06 bits per heavy atom. The predicted octanol–water partition coefficient (Wildman–Crippen LogP) is 2.72. The number of carbonyl (C=O) groups is 1. The van der Waals surface area contributed by atoms with Gasteiger partial charge in [-0.2, -0.15) is 0 Å². The molecule has 1 saturated heterocycles. The van der Waals surface area contributed by atoms with Crippen molar-refractivity contribution in [2.24, 2.45) is 0 Å². The Labute approximate surface area is 111 Å². The molecule has 4 heteroatoms. The molecule has 0 spiro atoms. The van der Waals surface area contributed by atoms with E-state index < -0.39 is 5.60 Å². The lowest BCUT2D eigenvalue weighted by molar-refractivity contribution is 0.00589. The quantitative estimate of drug-likeness (QED) is 0.723. The highest BCUT2D eigenvalue weighted by molar-refractivity contribution is 5.68. The van der Waals surface area contributed by atoms with Gasteiger partial charge in [-0.3, -0.25) is 0 Å². The van der Waals surface area contributed by atoms with Crippen LogP contribution in [0.2, 0.25) is 0 Å². The van der Waals surface area contributed by atoms with E-state index in [0.717, 1.165) is 12.8 Å². The van der Waals surface area contributed by atoms with Gasteiger partial charge in [0.25, 0.3) is 0 Å². The Morgan fingerprint density at radius 1 is 1.22 bits per heavy atom. The van der Waals surface area contributed by atoms with Gasteiger partial charge in [0, 0.05) is 25.2 Å². The number of carbonyl (C=O) groups excluding carboxylic acids is 1. The number of hydrogen-bond acceptors (Lipinski definition) is 3. The molecule has 2 atom stereocenters. The second-order valence-corrected chi connectivity index (χ2v) is 6.58. The van der Waals surface area contributed by atoms with Gasteiger partial charge < -0.3 is 14.5 Å². The fraction of sp³-hybridized carbons (Fsp3) is 0.929. The van der Waals surface area contributed by atoms with E-state index in [1.165, 1.54) is 0 Å². The van der Waals surface area contributed by atoms with Crippen LogP contribution in [0.4, 0.5) is 4.79 Å². The molecule has 0 saturated carbocycles. The summed E-state index contributed by atoms with van der Waals surface area (Å²) in [6.07, 6.45) is 1.81. The predicted molar refractivity (Wildman–Crippen MR) is 73.7 cm³/mol. The van der Waals surface area contributed by atoms with Gasteiger partial charge in [-0.1, -0.05) is 0 Å². The van der Waals surface area contributed by atoms with Gasteiger partial charge in [0.05, 0.1) is 0 Å². The minimum atomic E-state index is -0.423. The molecule has 0 bridgehead atoms. The lowest BCUT2D eigenvalue weighted by atomic mass is 9.93. The largest absolute Gasteiger partial charge is 0.444 e. The van der Waals surface area contributed by atoms with Crippen molar-refractivity contribution in [3.63, 3.8) is 0 Å². The second kappa shape index (κ2) is 5.47. The number of ether oxygens (including phenoxy) is 1. The number of rotatable bonds is 1. The van der Waals surface area contributed by atoms with Crippen molar-refractivity contribution in [2.75, 3.05) is 14.1 Å². The fourth-order valence-electron chi connectivity index (χ4n) is 2.45. The summed E-state index contributed by atoms with van der Waals surface area (Å²) in [5, 5.41) is 0. The maximum absolute atomic E-state index is 12.0. The van der Waals surface area contributed by atoms with E-state index in [9.17, 15) is 4.79 Å². The van der Waals surface area contributed by atoms with Gasteiger partial charge >= 0.3 is 6.09 Å². The van der Waals surface area contributed by atoms with Crippen molar-refractivity contribution in [3.8, 4) is 0 Å². The fourth-order valence-corrected chi connectivity index (χ4v) is 2.45. The maximum atomic E-state index is 12.0. The lowest BCUT2D eigenvalue weighted by Gasteiger charge is -2.43. The number of likely N-dealkylation sites (tertiary alicyclic amines) is 1. The number of hydrogen-bond donors (Lipinski definition) is 0. The first kappa shape index (κ1) is 15.3. The molecule has 106 valence electrons. The molecule has 1 aliphatic rings. The molecule has 0 radical (unpaired) electrons. The second-order valence-electron chi connectivity index (χ2n) is 6.58. The topological polar surface area (TPSA) is 32.8 Å². The first-order valence-corrected chi connectivity index (χ1v) is 6.79. The van der Waals surface area contributed by atoms with E-state index in [2.05, 4.69) is 25.8 Å². The monoisotopic (exact) mass is 256 g/mol. The first-order chi connectivity index (χ1) is 8.11. The maximum Gasteiger partial charge on any atom is 0.410 e. The van der Waals surface area contributed by atoms with Crippen molar-refractivity contribution < 1.29 is 9.53 Å². The smallest absolute Gasteiger partial charge is 0.410 e. The first-order valence-electron chi connectivity index (χ1n) is 6.79. The van der Waals surface area contributed by atoms with Crippen molar-refractivity contribution in [2.45, 2.75) is 71.2 Å². The average molecular weight is 256 g/mol. The minimum Gasteiger partial charge on any atom is -0.444 e. The molecule has 1 rings (SSSR count). The Hall–Kier alpha value is -0.770. The van der Waals surface area contributed by atoms with E-state index in [1.54, 1.807) is 4.90 Å². The van der Waals surface area contributed by atoms with E-state index in [1.807, 2.05) is 27.8 Å². The van der Waals surface area contributed by atoms with Crippen LogP contribution in [-0.4, -0.2) is 53.7 Å². The SMILES string of the molecule is CC1CC(N(C)C(=O)OC(C)(C)C)CC(C)N1C. The van der Waals surface area contributed by atoms with Crippen molar-refractivity contribution in [3.05, 3.63) is 0 Å². The van der Waals surface area contributed by atoms with Gasteiger partial charge in [0.15, 0.2) is 0 Å². The average Bonchev–Trinajstić information content (AvgIpc) is 2.21. The standard InChI is InChI=1S/C14H28N2O2/c1-10-8-12(9-11(2)15(10)6)16(7)13(17)18-14(3,4)5/h10-12H,8-9H2,1-7H3. The zero-order valence-electron chi connectivity index (χ0n) is 12.9. The molecular formula is C14H28N2O2. The van der Waals surface area contributed by atoms with Crippen LogP contribution >= 0.6 is 0 Å². The van der Waals surface area contributed by atoms with Crippen LogP contribution in [0.25, 0.3) is 0 Å². The van der Waals surface area contributed by atoms with E-state index in [0.29, 0.717) is 12.1 Å². The van der Waals surface area contributed by atoms with Crippen molar-refractivity contribution >= 4 is 6.09 Å². The highest BCUT2D eigenvalue weighted by Crippen LogP contribution is 2.25. The molecular weight excluding hydrogens is 228 g/mol. The van der Waals surface area contributed by atoms with Crippen LogP contribution in [0.1, 0.15) is 47.5 Å². The summed E-state index contributed by atoms with van der Waals surface area (Å²) < 4.78 is 5.42. The Kier molecular flexibility index (Phi) is 4.65. The lowest BCUT2D eigenvalue weighted by Crippen LogP contribution is -2.52. The molecule has 4 nitrogen and oxygen atoms in total. The summed E-state index contributed by atoms with van der Waals surface area (Å²) in [5.74, 6) is 0. The Morgan fingerprint density at radius 2 is 1.67 bits per heavy atom. The third-order valence-electron chi connectivity index (χ3n) is 3.85. The number of piperidine rings is 1. The van der Waals surface area contributed by atoms with Crippen LogP contribution in [-0.2, 0) is 4.74 Å². The summed E-state index contributed by atoms with van der Waals surface area (Å²) in [4.78, 5) is 16.2. The molecule has 1 amide bonds. The van der Waals surface area contributed by atoms with Crippen LogP contribution in [0.15, 0.2) is 0 Å². The Bertz CT molecular complexity index is 287. The zero-order chi connectivity index (χ0) is 14.1.